The Kier molecular flexibility index (Phi) is 4.35. The monoisotopic (exact) mass is 230 g/mol. The summed E-state index contributed by atoms with van der Waals surface area (Å²) in [6.07, 6.45) is 3.17. The molecule has 92 valence electrons. The minimum Gasteiger partial charge on any atom is -0.305 e. The summed E-state index contributed by atoms with van der Waals surface area (Å²) in [6, 6.07) is 8.72. The average Bonchev–Trinajstić information content (AvgIpc) is 2.56. The van der Waals surface area contributed by atoms with E-state index in [1.54, 1.807) is 0 Å². The molecule has 1 aliphatic heterocycles. The number of nitrogens with zero attached hydrogens (tertiary/aromatic N) is 2. The Morgan fingerprint density at radius 3 is 2.59 bits per heavy atom. The predicted octanol–water partition coefficient (Wildman–Crippen LogP) is 2.47. The lowest BCUT2D eigenvalue weighted by atomic mass is 10.1. The van der Waals surface area contributed by atoms with E-state index in [-0.39, 0.29) is 0 Å². The SMILES string of the molecule is C=Cc1ccc(CN2CCCN(C)CC2)cc1. The van der Waals surface area contributed by atoms with E-state index in [4.69, 9.17) is 0 Å². The Morgan fingerprint density at radius 2 is 1.88 bits per heavy atom. The van der Waals surface area contributed by atoms with Crippen molar-refractivity contribution in [3.8, 4) is 0 Å². The highest BCUT2D eigenvalue weighted by Crippen LogP contribution is 2.10. The van der Waals surface area contributed by atoms with Crippen molar-refractivity contribution in [3.63, 3.8) is 0 Å². The van der Waals surface area contributed by atoms with Crippen molar-refractivity contribution in [2.24, 2.45) is 0 Å². The second-order valence-corrected chi connectivity index (χ2v) is 4.88. The zero-order valence-electron chi connectivity index (χ0n) is 10.7. The smallest absolute Gasteiger partial charge is 0.0234 e. The van der Waals surface area contributed by atoms with E-state index < -0.39 is 0 Å². The van der Waals surface area contributed by atoms with Crippen LogP contribution in [0.5, 0.6) is 0 Å². The van der Waals surface area contributed by atoms with Gasteiger partial charge in [0.1, 0.15) is 0 Å². The molecule has 0 saturated carbocycles. The molecule has 0 aromatic heterocycles. The second kappa shape index (κ2) is 5.99. The van der Waals surface area contributed by atoms with Gasteiger partial charge in [-0.2, -0.15) is 0 Å². The van der Waals surface area contributed by atoms with Gasteiger partial charge < -0.3 is 4.90 Å². The fourth-order valence-electron chi connectivity index (χ4n) is 2.28. The van der Waals surface area contributed by atoms with Gasteiger partial charge in [0.25, 0.3) is 0 Å². The molecular formula is C15H22N2. The average molecular weight is 230 g/mol. The van der Waals surface area contributed by atoms with Gasteiger partial charge in [0.15, 0.2) is 0 Å². The Morgan fingerprint density at radius 1 is 1.12 bits per heavy atom. The third-order valence-electron chi connectivity index (χ3n) is 3.43. The molecule has 1 aliphatic rings. The van der Waals surface area contributed by atoms with Crippen LogP contribution in [-0.4, -0.2) is 43.0 Å². The summed E-state index contributed by atoms with van der Waals surface area (Å²) in [6.45, 7) is 9.67. The van der Waals surface area contributed by atoms with Crippen molar-refractivity contribution < 1.29 is 0 Å². The van der Waals surface area contributed by atoms with Gasteiger partial charge in [-0.15, -0.1) is 0 Å². The molecule has 17 heavy (non-hydrogen) atoms. The highest BCUT2D eigenvalue weighted by atomic mass is 15.2. The van der Waals surface area contributed by atoms with Crippen LogP contribution in [0.15, 0.2) is 30.8 Å². The summed E-state index contributed by atoms with van der Waals surface area (Å²) < 4.78 is 0. The number of likely N-dealkylation sites (N-methyl/N-ethyl adjacent to an activating group) is 1. The predicted molar refractivity (Wildman–Crippen MR) is 73.9 cm³/mol. The molecule has 1 aromatic rings. The normalized spacial score (nSPS) is 18.9. The van der Waals surface area contributed by atoms with E-state index in [1.807, 2.05) is 6.08 Å². The lowest BCUT2D eigenvalue weighted by Crippen LogP contribution is -2.28. The van der Waals surface area contributed by atoms with Gasteiger partial charge in [0, 0.05) is 19.6 Å². The van der Waals surface area contributed by atoms with Crippen LogP contribution in [0.4, 0.5) is 0 Å². The molecule has 0 aliphatic carbocycles. The lowest BCUT2D eigenvalue weighted by Gasteiger charge is -2.20. The van der Waals surface area contributed by atoms with Crippen molar-refractivity contribution in [2.45, 2.75) is 13.0 Å². The molecule has 1 aromatic carbocycles. The maximum atomic E-state index is 3.78. The summed E-state index contributed by atoms with van der Waals surface area (Å²) in [4.78, 5) is 4.97. The highest BCUT2D eigenvalue weighted by Gasteiger charge is 2.11. The Hall–Kier alpha value is -1.12. The zero-order valence-corrected chi connectivity index (χ0v) is 10.7. The van der Waals surface area contributed by atoms with Gasteiger partial charge in [-0.1, -0.05) is 36.9 Å². The van der Waals surface area contributed by atoms with Crippen LogP contribution in [0.3, 0.4) is 0 Å². The third kappa shape index (κ3) is 3.69. The minimum atomic E-state index is 1.07. The molecule has 2 heteroatoms. The quantitative estimate of drug-likeness (QED) is 0.787. The van der Waals surface area contributed by atoms with Gasteiger partial charge in [0.05, 0.1) is 0 Å². The van der Waals surface area contributed by atoms with E-state index in [9.17, 15) is 0 Å². The maximum Gasteiger partial charge on any atom is 0.0234 e. The van der Waals surface area contributed by atoms with Gasteiger partial charge in [-0.05, 0) is 37.7 Å². The Labute approximate surface area is 105 Å². The number of hydrogen-bond acceptors (Lipinski definition) is 2. The fraction of sp³-hybridized carbons (Fsp3) is 0.467. The lowest BCUT2D eigenvalue weighted by molar-refractivity contribution is 0.269. The van der Waals surface area contributed by atoms with Crippen molar-refractivity contribution >= 4 is 6.08 Å². The molecule has 0 amide bonds. The van der Waals surface area contributed by atoms with Crippen LogP contribution < -0.4 is 0 Å². The molecule has 1 fully saturated rings. The van der Waals surface area contributed by atoms with Crippen LogP contribution in [-0.2, 0) is 6.54 Å². The molecule has 1 saturated heterocycles. The van der Waals surface area contributed by atoms with Crippen LogP contribution in [0.2, 0.25) is 0 Å². The number of benzene rings is 1. The van der Waals surface area contributed by atoms with Crippen molar-refractivity contribution in [1.82, 2.24) is 9.80 Å². The fourth-order valence-corrected chi connectivity index (χ4v) is 2.28. The second-order valence-electron chi connectivity index (χ2n) is 4.88. The first kappa shape index (κ1) is 12.3. The molecule has 0 atom stereocenters. The molecule has 2 nitrogen and oxygen atoms in total. The molecule has 0 bridgehead atoms. The molecule has 0 spiro atoms. The van der Waals surface area contributed by atoms with Gasteiger partial charge in [0.2, 0.25) is 0 Å². The van der Waals surface area contributed by atoms with E-state index in [1.165, 1.54) is 43.7 Å². The molecular weight excluding hydrogens is 208 g/mol. The Bertz CT molecular complexity index is 356. The molecule has 2 rings (SSSR count). The minimum absolute atomic E-state index is 1.07. The summed E-state index contributed by atoms with van der Waals surface area (Å²) >= 11 is 0. The number of hydrogen-bond donors (Lipinski definition) is 0. The van der Waals surface area contributed by atoms with E-state index in [2.05, 4.69) is 47.7 Å². The van der Waals surface area contributed by atoms with Crippen LogP contribution in [0, 0.1) is 0 Å². The van der Waals surface area contributed by atoms with E-state index >= 15 is 0 Å². The topological polar surface area (TPSA) is 6.48 Å². The summed E-state index contributed by atoms with van der Waals surface area (Å²) in [7, 11) is 2.21. The molecule has 0 radical (unpaired) electrons. The first-order valence-corrected chi connectivity index (χ1v) is 6.40. The van der Waals surface area contributed by atoms with Gasteiger partial charge >= 0.3 is 0 Å². The standard InChI is InChI=1S/C15H22N2/c1-3-14-5-7-15(8-6-14)13-17-10-4-9-16(2)11-12-17/h3,5-8H,1,4,9-13H2,2H3. The third-order valence-corrected chi connectivity index (χ3v) is 3.43. The van der Waals surface area contributed by atoms with Crippen molar-refractivity contribution in [3.05, 3.63) is 42.0 Å². The maximum absolute atomic E-state index is 3.78. The van der Waals surface area contributed by atoms with Crippen LogP contribution in [0.25, 0.3) is 6.08 Å². The molecule has 1 heterocycles. The summed E-state index contributed by atoms with van der Waals surface area (Å²) in [5.74, 6) is 0. The van der Waals surface area contributed by atoms with Crippen molar-refractivity contribution in [2.75, 3.05) is 33.2 Å². The Balaban J connectivity index is 1.92. The first-order valence-electron chi connectivity index (χ1n) is 6.40. The molecule has 0 unspecified atom stereocenters. The van der Waals surface area contributed by atoms with E-state index in [0.29, 0.717) is 0 Å². The molecule has 0 N–H and O–H groups in total. The van der Waals surface area contributed by atoms with Gasteiger partial charge in [-0.25, -0.2) is 0 Å². The number of rotatable bonds is 3. The van der Waals surface area contributed by atoms with Gasteiger partial charge in [-0.3, -0.25) is 4.90 Å². The largest absolute Gasteiger partial charge is 0.305 e. The van der Waals surface area contributed by atoms with Crippen LogP contribution in [0.1, 0.15) is 17.5 Å². The first-order chi connectivity index (χ1) is 8.28. The van der Waals surface area contributed by atoms with E-state index in [0.717, 1.165) is 6.54 Å². The zero-order chi connectivity index (χ0) is 12.1. The summed E-state index contributed by atoms with van der Waals surface area (Å²) in [5, 5.41) is 0. The highest BCUT2D eigenvalue weighted by molar-refractivity contribution is 5.47. The summed E-state index contributed by atoms with van der Waals surface area (Å²) in [5.41, 5.74) is 2.60. The van der Waals surface area contributed by atoms with Crippen LogP contribution >= 0.6 is 0 Å². The van der Waals surface area contributed by atoms with Crippen molar-refractivity contribution in [1.29, 1.82) is 0 Å².